The van der Waals surface area contributed by atoms with Crippen LogP contribution in [0.3, 0.4) is 0 Å². The first-order chi connectivity index (χ1) is 8.16. The van der Waals surface area contributed by atoms with E-state index < -0.39 is 0 Å². The van der Waals surface area contributed by atoms with Crippen LogP contribution in [0.1, 0.15) is 36.2 Å². The number of ketones is 1. The van der Waals surface area contributed by atoms with Crippen molar-refractivity contribution in [3.63, 3.8) is 0 Å². The standard InChI is InChI=1S/C14H19NO2/c1-10(2)15-7-5-13(16)11-3-4-14-12(9-11)6-8-17-14/h3-4,9-10,15H,5-8H2,1-2H3. The Morgan fingerprint density at radius 1 is 1.47 bits per heavy atom. The maximum absolute atomic E-state index is 11.9. The van der Waals surface area contributed by atoms with Gasteiger partial charge in [0.15, 0.2) is 5.78 Å². The fourth-order valence-corrected chi connectivity index (χ4v) is 1.98. The van der Waals surface area contributed by atoms with E-state index in [0.29, 0.717) is 12.5 Å². The van der Waals surface area contributed by atoms with Crippen molar-refractivity contribution < 1.29 is 9.53 Å². The molecule has 0 spiro atoms. The van der Waals surface area contributed by atoms with E-state index in [1.807, 2.05) is 18.2 Å². The number of ether oxygens (including phenoxy) is 1. The number of benzene rings is 1. The van der Waals surface area contributed by atoms with Crippen molar-refractivity contribution in [1.29, 1.82) is 0 Å². The first kappa shape index (κ1) is 12.1. The molecule has 0 fully saturated rings. The van der Waals surface area contributed by atoms with Gasteiger partial charge in [0.05, 0.1) is 6.61 Å². The van der Waals surface area contributed by atoms with Crippen molar-refractivity contribution in [2.24, 2.45) is 0 Å². The molecule has 0 saturated carbocycles. The van der Waals surface area contributed by atoms with E-state index in [-0.39, 0.29) is 5.78 Å². The van der Waals surface area contributed by atoms with Crippen LogP contribution in [0.25, 0.3) is 0 Å². The third-order valence-corrected chi connectivity index (χ3v) is 2.92. The third kappa shape index (κ3) is 3.07. The lowest BCUT2D eigenvalue weighted by atomic mass is 10.0. The first-order valence-corrected chi connectivity index (χ1v) is 6.19. The minimum Gasteiger partial charge on any atom is -0.493 e. The highest BCUT2D eigenvalue weighted by molar-refractivity contribution is 5.96. The second kappa shape index (κ2) is 5.32. The lowest BCUT2D eigenvalue weighted by molar-refractivity contribution is 0.0982. The normalized spacial score (nSPS) is 13.6. The van der Waals surface area contributed by atoms with Crippen molar-refractivity contribution in [3.05, 3.63) is 29.3 Å². The van der Waals surface area contributed by atoms with Gasteiger partial charge in [0.1, 0.15) is 5.75 Å². The molecule has 17 heavy (non-hydrogen) atoms. The Morgan fingerprint density at radius 2 is 2.29 bits per heavy atom. The zero-order chi connectivity index (χ0) is 12.3. The highest BCUT2D eigenvalue weighted by Crippen LogP contribution is 2.26. The van der Waals surface area contributed by atoms with Gasteiger partial charge in [-0.1, -0.05) is 13.8 Å². The van der Waals surface area contributed by atoms with Gasteiger partial charge < -0.3 is 10.1 Å². The maximum Gasteiger partial charge on any atom is 0.164 e. The molecule has 1 N–H and O–H groups in total. The quantitative estimate of drug-likeness (QED) is 0.792. The molecule has 1 aromatic carbocycles. The van der Waals surface area contributed by atoms with Crippen molar-refractivity contribution in [2.75, 3.05) is 13.2 Å². The Labute approximate surface area is 102 Å². The summed E-state index contributed by atoms with van der Waals surface area (Å²) in [6.45, 7) is 5.64. The molecule has 3 heteroatoms. The average molecular weight is 233 g/mol. The zero-order valence-electron chi connectivity index (χ0n) is 10.5. The largest absolute Gasteiger partial charge is 0.493 e. The molecular weight excluding hydrogens is 214 g/mol. The Morgan fingerprint density at radius 3 is 3.06 bits per heavy atom. The Hall–Kier alpha value is -1.35. The van der Waals surface area contributed by atoms with Crippen LogP contribution in [0, 0.1) is 0 Å². The highest BCUT2D eigenvalue weighted by Gasteiger charge is 2.14. The minimum atomic E-state index is 0.202. The van der Waals surface area contributed by atoms with Gasteiger partial charge in [0.25, 0.3) is 0 Å². The first-order valence-electron chi connectivity index (χ1n) is 6.19. The average Bonchev–Trinajstić information content (AvgIpc) is 2.75. The van der Waals surface area contributed by atoms with E-state index in [2.05, 4.69) is 19.2 Å². The molecule has 0 amide bonds. The Balaban J connectivity index is 1.95. The minimum absolute atomic E-state index is 0.202. The van der Waals surface area contributed by atoms with Crippen molar-refractivity contribution in [2.45, 2.75) is 32.7 Å². The van der Waals surface area contributed by atoms with E-state index >= 15 is 0 Å². The van der Waals surface area contributed by atoms with Crippen molar-refractivity contribution in [3.8, 4) is 5.75 Å². The van der Waals surface area contributed by atoms with Crippen molar-refractivity contribution >= 4 is 5.78 Å². The molecule has 0 aliphatic carbocycles. The van der Waals surface area contributed by atoms with Crippen LogP contribution < -0.4 is 10.1 Å². The van der Waals surface area contributed by atoms with Gasteiger partial charge in [-0.05, 0) is 23.8 Å². The lowest BCUT2D eigenvalue weighted by Gasteiger charge is -2.07. The SMILES string of the molecule is CC(C)NCCC(=O)c1ccc2c(c1)CCO2. The number of carbonyl (C=O) groups excluding carboxylic acids is 1. The smallest absolute Gasteiger partial charge is 0.164 e. The van der Waals surface area contributed by atoms with Crippen LogP contribution in [0.5, 0.6) is 5.75 Å². The number of rotatable bonds is 5. The van der Waals surface area contributed by atoms with E-state index in [4.69, 9.17) is 4.74 Å². The van der Waals surface area contributed by atoms with E-state index in [1.165, 1.54) is 0 Å². The van der Waals surface area contributed by atoms with Gasteiger partial charge in [-0.2, -0.15) is 0 Å². The predicted octanol–water partition coefficient (Wildman–Crippen LogP) is 2.19. The van der Waals surface area contributed by atoms with Crippen LogP contribution in [0.4, 0.5) is 0 Å². The molecule has 2 rings (SSSR count). The second-order valence-corrected chi connectivity index (χ2v) is 4.70. The molecule has 0 saturated heterocycles. The fourth-order valence-electron chi connectivity index (χ4n) is 1.98. The number of hydrogen-bond donors (Lipinski definition) is 1. The van der Waals surface area contributed by atoms with Gasteiger partial charge in [0, 0.05) is 31.0 Å². The van der Waals surface area contributed by atoms with Crippen LogP contribution in [-0.2, 0) is 6.42 Å². The molecular formula is C14H19NO2. The third-order valence-electron chi connectivity index (χ3n) is 2.92. The number of nitrogens with one attached hydrogen (secondary N) is 1. The van der Waals surface area contributed by atoms with Gasteiger partial charge in [-0.3, -0.25) is 4.79 Å². The summed E-state index contributed by atoms with van der Waals surface area (Å²) in [6.07, 6.45) is 1.47. The van der Waals surface area contributed by atoms with Gasteiger partial charge >= 0.3 is 0 Å². The van der Waals surface area contributed by atoms with Crippen LogP contribution in [0.2, 0.25) is 0 Å². The molecule has 0 bridgehead atoms. The molecule has 0 radical (unpaired) electrons. The molecule has 1 aliphatic heterocycles. The van der Waals surface area contributed by atoms with E-state index in [0.717, 1.165) is 36.4 Å². The maximum atomic E-state index is 11.9. The molecule has 0 unspecified atom stereocenters. The van der Waals surface area contributed by atoms with E-state index in [9.17, 15) is 4.79 Å². The van der Waals surface area contributed by atoms with Gasteiger partial charge in [0.2, 0.25) is 0 Å². The molecule has 1 aliphatic rings. The molecule has 1 heterocycles. The Kier molecular flexibility index (Phi) is 3.79. The van der Waals surface area contributed by atoms with Crippen LogP contribution >= 0.6 is 0 Å². The fraction of sp³-hybridized carbons (Fsp3) is 0.500. The summed E-state index contributed by atoms with van der Waals surface area (Å²) in [5.74, 6) is 1.13. The molecule has 1 aromatic rings. The molecule has 92 valence electrons. The van der Waals surface area contributed by atoms with Crippen LogP contribution in [-0.4, -0.2) is 25.0 Å². The molecule has 3 nitrogen and oxygen atoms in total. The lowest BCUT2D eigenvalue weighted by Crippen LogP contribution is -2.25. The Bertz CT molecular complexity index is 413. The number of fused-ring (bicyclic) bond motifs is 1. The summed E-state index contributed by atoms with van der Waals surface area (Å²) in [5.41, 5.74) is 1.97. The zero-order valence-corrected chi connectivity index (χ0v) is 10.5. The molecule has 0 aromatic heterocycles. The summed E-state index contributed by atoms with van der Waals surface area (Å²) in [6, 6.07) is 6.17. The number of hydrogen-bond acceptors (Lipinski definition) is 3. The molecule has 0 atom stereocenters. The summed E-state index contributed by atoms with van der Waals surface area (Å²) in [4.78, 5) is 11.9. The van der Waals surface area contributed by atoms with Crippen molar-refractivity contribution in [1.82, 2.24) is 5.32 Å². The van der Waals surface area contributed by atoms with Crippen LogP contribution in [0.15, 0.2) is 18.2 Å². The second-order valence-electron chi connectivity index (χ2n) is 4.70. The number of carbonyl (C=O) groups is 1. The number of Topliss-reactive ketones (excluding diaryl/α,β-unsaturated/α-hetero) is 1. The monoisotopic (exact) mass is 233 g/mol. The van der Waals surface area contributed by atoms with E-state index in [1.54, 1.807) is 0 Å². The predicted molar refractivity (Wildman–Crippen MR) is 67.7 cm³/mol. The highest BCUT2D eigenvalue weighted by atomic mass is 16.5. The topological polar surface area (TPSA) is 38.3 Å². The summed E-state index contributed by atoms with van der Waals surface area (Å²) >= 11 is 0. The van der Waals surface area contributed by atoms with Gasteiger partial charge in [-0.15, -0.1) is 0 Å². The summed E-state index contributed by atoms with van der Waals surface area (Å²) in [5, 5.41) is 3.25. The summed E-state index contributed by atoms with van der Waals surface area (Å²) in [7, 11) is 0. The summed E-state index contributed by atoms with van der Waals surface area (Å²) < 4.78 is 5.42. The van der Waals surface area contributed by atoms with Gasteiger partial charge in [-0.25, -0.2) is 0 Å².